The SMILES string of the molecule is Cl.NC(=S)c1ccccc1N. The van der Waals surface area contributed by atoms with Gasteiger partial charge in [-0.3, -0.25) is 0 Å². The molecular weight excluding hydrogens is 180 g/mol. The predicted octanol–water partition coefficient (Wildman–Crippen LogP) is 1.32. The Hall–Kier alpha value is -0.800. The molecule has 0 bridgehead atoms. The molecule has 11 heavy (non-hydrogen) atoms. The molecule has 4 N–H and O–H groups in total. The fourth-order valence-electron chi connectivity index (χ4n) is 0.721. The molecule has 0 radical (unpaired) electrons. The molecule has 0 aliphatic rings. The third-order valence-corrected chi connectivity index (χ3v) is 1.45. The number of rotatable bonds is 1. The number of thiocarbonyl (C=S) groups is 1. The van der Waals surface area contributed by atoms with Crippen molar-refractivity contribution in [3.8, 4) is 0 Å². The van der Waals surface area contributed by atoms with Gasteiger partial charge in [-0.2, -0.15) is 0 Å². The van der Waals surface area contributed by atoms with E-state index in [0.29, 0.717) is 10.7 Å². The molecule has 1 rings (SSSR count). The Kier molecular flexibility index (Phi) is 3.85. The van der Waals surface area contributed by atoms with E-state index in [1.165, 1.54) is 0 Å². The minimum absolute atomic E-state index is 0. The largest absolute Gasteiger partial charge is 0.398 e. The Morgan fingerprint density at radius 3 is 2.18 bits per heavy atom. The fraction of sp³-hybridized carbons (Fsp3) is 0. The van der Waals surface area contributed by atoms with Crippen molar-refractivity contribution in [2.75, 3.05) is 5.73 Å². The van der Waals surface area contributed by atoms with Gasteiger partial charge in [-0.15, -0.1) is 12.4 Å². The van der Waals surface area contributed by atoms with Gasteiger partial charge in [-0.05, 0) is 12.1 Å². The minimum atomic E-state index is 0. The second-order valence-electron chi connectivity index (χ2n) is 1.95. The molecule has 2 nitrogen and oxygen atoms in total. The topological polar surface area (TPSA) is 52.0 Å². The van der Waals surface area contributed by atoms with Gasteiger partial charge in [0.15, 0.2) is 0 Å². The number of nitrogens with two attached hydrogens (primary N) is 2. The van der Waals surface area contributed by atoms with Crippen LogP contribution in [0.5, 0.6) is 0 Å². The summed E-state index contributed by atoms with van der Waals surface area (Å²) >= 11 is 4.75. The van der Waals surface area contributed by atoms with Gasteiger partial charge < -0.3 is 11.5 Å². The molecule has 4 heteroatoms. The van der Waals surface area contributed by atoms with Gasteiger partial charge in [0, 0.05) is 11.3 Å². The molecule has 60 valence electrons. The monoisotopic (exact) mass is 188 g/mol. The molecule has 0 atom stereocenters. The van der Waals surface area contributed by atoms with Gasteiger partial charge in [0.2, 0.25) is 0 Å². The molecule has 0 unspecified atom stereocenters. The molecule has 0 heterocycles. The molecule has 0 spiro atoms. The van der Waals surface area contributed by atoms with Crippen LogP contribution in [0.25, 0.3) is 0 Å². The zero-order chi connectivity index (χ0) is 7.56. The van der Waals surface area contributed by atoms with Crippen LogP contribution in [0, 0.1) is 0 Å². The average molecular weight is 189 g/mol. The Morgan fingerprint density at radius 1 is 1.27 bits per heavy atom. The number of nitrogen functional groups attached to an aromatic ring is 1. The van der Waals surface area contributed by atoms with Crippen molar-refractivity contribution < 1.29 is 0 Å². The summed E-state index contributed by atoms with van der Waals surface area (Å²) in [7, 11) is 0. The molecule has 0 aliphatic heterocycles. The van der Waals surface area contributed by atoms with Crippen molar-refractivity contribution in [2.45, 2.75) is 0 Å². The zero-order valence-electron chi connectivity index (χ0n) is 5.78. The van der Waals surface area contributed by atoms with Gasteiger partial charge >= 0.3 is 0 Å². The van der Waals surface area contributed by atoms with Crippen LogP contribution in [0.15, 0.2) is 24.3 Å². The normalized spacial score (nSPS) is 8.36. The highest BCUT2D eigenvalue weighted by atomic mass is 35.5. The van der Waals surface area contributed by atoms with Crippen LogP contribution in [0.2, 0.25) is 0 Å². The lowest BCUT2D eigenvalue weighted by molar-refractivity contribution is 1.61. The van der Waals surface area contributed by atoms with Crippen LogP contribution < -0.4 is 11.5 Å². The highest BCUT2D eigenvalue weighted by Crippen LogP contribution is 2.08. The van der Waals surface area contributed by atoms with E-state index in [1.807, 2.05) is 12.1 Å². The molecule has 0 fully saturated rings. The quantitative estimate of drug-likeness (QED) is 0.517. The van der Waals surface area contributed by atoms with Gasteiger partial charge in [0.25, 0.3) is 0 Å². The first-order chi connectivity index (χ1) is 4.72. The number of halogens is 1. The van der Waals surface area contributed by atoms with Crippen molar-refractivity contribution in [2.24, 2.45) is 5.73 Å². The second kappa shape index (κ2) is 4.16. The Bertz CT molecular complexity index is 262. The summed E-state index contributed by atoms with van der Waals surface area (Å²) in [6, 6.07) is 7.27. The van der Waals surface area contributed by atoms with Gasteiger partial charge in [-0.25, -0.2) is 0 Å². The van der Waals surface area contributed by atoms with E-state index < -0.39 is 0 Å². The molecule has 0 saturated carbocycles. The summed E-state index contributed by atoms with van der Waals surface area (Å²) in [5.41, 5.74) is 12.3. The van der Waals surface area contributed by atoms with Crippen LogP contribution in [-0.2, 0) is 0 Å². The van der Waals surface area contributed by atoms with Crippen LogP contribution in [0.3, 0.4) is 0 Å². The Morgan fingerprint density at radius 2 is 1.82 bits per heavy atom. The van der Waals surface area contributed by atoms with Crippen LogP contribution in [-0.4, -0.2) is 4.99 Å². The fourth-order valence-corrected chi connectivity index (χ4v) is 0.907. The lowest BCUT2D eigenvalue weighted by Gasteiger charge is -2.00. The van der Waals surface area contributed by atoms with Crippen LogP contribution in [0.4, 0.5) is 5.69 Å². The van der Waals surface area contributed by atoms with E-state index >= 15 is 0 Å². The molecule has 0 aromatic heterocycles. The van der Waals surface area contributed by atoms with Crippen molar-refractivity contribution in [3.63, 3.8) is 0 Å². The first-order valence-electron chi connectivity index (χ1n) is 2.86. The lowest BCUT2D eigenvalue weighted by atomic mass is 10.2. The molecule has 0 saturated heterocycles. The van der Waals surface area contributed by atoms with Gasteiger partial charge in [0.05, 0.1) is 0 Å². The molecular formula is C7H9ClN2S. The zero-order valence-corrected chi connectivity index (χ0v) is 7.41. The summed E-state index contributed by atoms with van der Waals surface area (Å²) in [5.74, 6) is 0. The maximum atomic E-state index is 5.55. The Balaban J connectivity index is 0.000001000. The maximum absolute atomic E-state index is 5.55. The van der Waals surface area contributed by atoms with E-state index in [-0.39, 0.29) is 12.4 Å². The molecule has 0 aliphatic carbocycles. The highest BCUT2D eigenvalue weighted by molar-refractivity contribution is 7.80. The van der Waals surface area contributed by atoms with Crippen LogP contribution in [0.1, 0.15) is 5.56 Å². The highest BCUT2D eigenvalue weighted by Gasteiger charge is 1.97. The van der Waals surface area contributed by atoms with Crippen molar-refractivity contribution in [1.82, 2.24) is 0 Å². The first-order valence-corrected chi connectivity index (χ1v) is 3.27. The Labute approximate surface area is 77.0 Å². The summed E-state index contributed by atoms with van der Waals surface area (Å²) in [6.07, 6.45) is 0. The van der Waals surface area contributed by atoms with Gasteiger partial charge in [0.1, 0.15) is 4.99 Å². The predicted molar refractivity (Wildman–Crippen MR) is 54.0 cm³/mol. The summed E-state index contributed by atoms with van der Waals surface area (Å²) in [4.78, 5) is 0.345. The average Bonchev–Trinajstić information content (AvgIpc) is 1.88. The van der Waals surface area contributed by atoms with Crippen molar-refractivity contribution >= 4 is 35.3 Å². The smallest absolute Gasteiger partial charge is 0.106 e. The number of hydrogen-bond donors (Lipinski definition) is 2. The van der Waals surface area contributed by atoms with E-state index in [9.17, 15) is 0 Å². The van der Waals surface area contributed by atoms with Crippen molar-refractivity contribution in [3.05, 3.63) is 29.8 Å². The number of anilines is 1. The third-order valence-electron chi connectivity index (χ3n) is 1.23. The minimum Gasteiger partial charge on any atom is -0.398 e. The summed E-state index contributed by atoms with van der Waals surface area (Å²) in [6.45, 7) is 0. The van der Waals surface area contributed by atoms with E-state index in [1.54, 1.807) is 12.1 Å². The van der Waals surface area contributed by atoms with Gasteiger partial charge in [-0.1, -0.05) is 24.4 Å². The summed E-state index contributed by atoms with van der Waals surface area (Å²) in [5, 5.41) is 0. The second-order valence-corrected chi connectivity index (χ2v) is 2.39. The van der Waals surface area contributed by atoms with E-state index in [4.69, 9.17) is 23.7 Å². The molecule has 0 amide bonds. The van der Waals surface area contributed by atoms with Crippen LogP contribution >= 0.6 is 24.6 Å². The standard InChI is InChI=1S/C7H8N2S.ClH/c8-6-4-2-1-3-5(6)7(9)10;/h1-4H,8H2,(H2,9,10);1H. The third kappa shape index (κ3) is 2.37. The molecule has 1 aromatic rings. The summed E-state index contributed by atoms with van der Waals surface area (Å²) < 4.78 is 0. The lowest BCUT2D eigenvalue weighted by Crippen LogP contribution is -2.11. The van der Waals surface area contributed by atoms with Crippen molar-refractivity contribution in [1.29, 1.82) is 0 Å². The van der Waals surface area contributed by atoms with E-state index in [0.717, 1.165) is 5.56 Å². The first kappa shape index (κ1) is 10.2. The maximum Gasteiger partial charge on any atom is 0.106 e. The van der Waals surface area contributed by atoms with E-state index in [2.05, 4.69) is 0 Å². The number of benzene rings is 1. The molecule has 1 aromatic carbocycles. The number of para-hydroxylation sites is 1. The number of hydrogen-bond acceptors (Lipinski definition) is 2.